The highest BCUT2D eigenvalue weighted by atomic mass is 32.2. The quantitative estimate of drug-likeness (QED) is 0.0329. The molecule has 0 saturated heterocycles. The Bertz CT molecular complexity index is 915. The first-order valence-electron chi connectivity index (χ1n) is 26.8. The first kappa shape index (κ1) is 64.3. The lowest BCUT2D eigenvalue weighted by Crippen LogP contribution is -2.44. The lowest BCUT2D eigenvalue weighted by molar-refractivity contribution is -0.170. The van der Waals surface area contributed by atoms with Gasteiger partial charge in [-0.15, -0.1) is 0 Å². The molecule has 0 aromatic heterocycles. The molecule has 0 atom stereocenters. The van der Waals surface area contributed by atoms with E-state index in [1.807, 2.05) is 47.0 Å². The van der Waals surface area contributed by atoms with E-state index < -0.39 is 5.41 Å². The number of thioether (sulfide) groups is 4. The van der Waals surface area contributed by atoms with Crippen molar-refractivity contribution in [1.82, 2.24) is 0 Å². The lowest BCUT2D eigenvalue weighted by atomic mass is 9.92. The van der Waals surface area contributed by atoms with Gasteiger partial charge in [0.25, 0.3) is 0 Å². The fourth-order valence-corrected chi connectivity index (χ4v) is 10.9. The Hall–Kier alpha value is -0.720. The topological polar surface area (TPSA) is 105 Å². The number of unbranched alkanes of at least 4 members (excludes halogenated alkanes) is 20. The summed E-state index contributed by atoms with van der Waals surface area (Å²) in [5.41, 5.74) is -1.21. The summed E-state index contributed by atoms with van der Waals surface area (Å²) in [4.78, 5) is 52.5. The predicted octanol–water partition coefficient (Wildman–Crippen LogP) is 15.6. The zero-order valence-corrected chi connectivity index (χ0v) is 45.8. The van der Waals surface area contributed by atoms with Crippen molar-refractivity contribution < 1.29 is 38.1 Å². The second-order valence-electron chi connectivity index (χ2n) is 18.1. The zero-order chi connectivity index (χ0) is 47.6. The van der Waals surface area contributed by atoms with Crippen LogP contribution in [0.4, 0.5) is 0 Å². The zero-order valence-electron chi connectivity index (χ0n) is 42.5. The van der Waals surface area contributed by atoms with Gasteiger partial charge in [-0.1, -0.05) is 156 Å². The molecule has 0 saturated carbocycles. The summed E-state index contributed by atoms with van der Waals surface area (Å²) >= 11 is 7.51. The van der Waals surface area contributed by atoms with Crippen LogP contribution >= 0.6 is 47.0 Å². The number of ether oxygens (including phenoxy) is 4. The van der Waals surface area contributed by atoms with E-state index in [4.69, 9.17) is 18.9 Å². The van der Waals surface area contributed by atoms with Crippen LogP contribution < -0.4 is 0 Å². The molecule has 12 heteroatoms. The highest BCUT2D eigenvalue weighted by Crippen LogP contribution is 2.24. The molecule has 0 rings (SSSR count). The van der Waals surface area contributed by atoms with Crippen LogP contribution in [0, 0.1) is 5.41 Å². The van der Waals surface area contributed by atoms with Crippen molar-refractivity contribution in [3.05, 3.63) is 0 Å². The van der Waals surface area contributed by atoms with Crippen molar-refractivity contribution in [3.8, 4) is 0 Å². The highest BCUT2D eigenvalue weighted by Gasteiger charge is 2.38. The number of carbonyl (C=O) groups is 4. The molecule has 0 amide bonds. The molecule has 65 heavy (non-hydrogen) atoms. The molecule has 0 heterocycles. The molecule has 0 aromatic rings. The van der Waals surface area contributed by atoms with E-state index in [2.05, 4.69) is 27.7 Å². The molecule has 8 nitrogen and oxygen atoms in total. The Morgan fingerprint density at radius 3 is 0.677 bits per heavy atom. The Labute approximate surface area is 417 Å². The second-order valence-corrected chi connectivity index (χ2v) is 23.0. The van der Waals surface area contributed by atoms with Crippen LogP contribution in [0.15, 0.2) is 0 Å². The number of hydrogen-bond acceptors (Lipinski definition) is 12. The van der Waals surface area contributed by atoms with E-state index in [9.17, 15) is 19.2 Å². The standard InChI is InChI=1S/C53H100O8S4/c1-5-9-13-17-21-25-37-62-41-29-33-49(54)58-45-53(46-59-50(55)34-30-42-63-38-26-22-18-14-10-6-2,47-60-51(56)35-31-43-64-39-27-23-19-15-11-7-3)48-61-52(57)36-32-44-65-40-28-24-20-16-12-8-4/h5-48H2,1-4H3. The third kappa shape index (κ3) is 46.8. The molecular weight excluding hydrogens is 893 g/mol. The largest absolute Gasteiger partial charge is 0.465 e. The van der Waals surface area contributed by atoms with Gasteiger partial charge in [0.05, 0.1) is 0 Å². The third-order valence-corrected chi connectivity index (χ3v) is 16.0. The summed E-state index contributed by atoms with van der Waals surface area (Å²) in [6.07, 6.45) is 34.3. The molecule has 0 aromatic carbocycles. The molecule has 0 aliphatic carbocycles. The van der Waals surface area contributed by atoms with Gasteiger partial charge in [0.2, 0.25) is 0 Å². The molecule has 0 N–H and O–H groups in total. The van der Waals surface area contributed by atoms with Crippen molar-refractivity contribution in [3.63, 3.8) is 0 Å². The first-order chi connectivity index (χ1) is 31.8. The number of carbonyl (C=O) groups excluding carboxylic acids is 4. The number of rotatable bonds is 52. The summed E-state index contributed by atoms with van der Waals surface area (Å²) in [6, 6.07) is 0. The van der Waals surface area contributed by atoms with Crippen LogP contribution in [0.1, 0.15) is 233 Å². The van der Waals surface area contributed by atoms with Gasteiger partial charge in [-0.2, -0.15) is 47.0 Å². The Morgan fingerprint density at radius 1 is 0.277 bits per heavy atom. The van der Waals surface area contributed by atoms with E-state index in [1.54, 1.807) is 0 Å². The van der Waals surface area contributed by atoms with E-state index in [0.29, 0.717) is 25.7 Å². The van der Waals surface area contributed by atoms with Crippen molar-refractivity contribution in [2.75, 3.05) is 72.5 Å². The fourth-order valence-electron chi connectivity index (χ4n) is 7.09. The average Bonchev–Trinajstić information content (AvgIpc) is 3.30. The Morgan fingerprint density at radius 2 is 0.462 bits per heavy atom. The molecule has 0 bridgehead atoms. The average molecular weight is 994 g/mol. The Kier molecular flexibility index (Phi) is 50.6. The predicted molar refractivity (Wildman–Crippen MR) is 286 cm³/mol. The molecular formula is C53H100O8S4. The van der Waals surface area contributed by atoms with Crippen molar-refractivity contribution in [1.29, 1.82) is 0 Å². The van der Waals surface area contributed by atoms with E-state index >= 15 is 0 Å². The van der Waals surface area contributed by atoms with Gasteiger partial charge in [0.15, 0.2) is 0 Å². The molecule has 0 aliphatic heterocycles. The van der Waals surface area contributed by atoms with Gasteiger partial charge in [0, 0.05) is 25.7 Å². The summed E-state index contributed by atoms with van der Waals surface area (Å²) in [5, 5.41) is 0. The van der Waals surface area contributed by atoms with Crippen LogP contribution in [0.25, 0.3) is 0 Å². The molecule has 0 unspecified atom stereocenters. The minimum Gasteiger partial charge on any atom is -0.465 e. The fraction of sp³-hybridized carbons (Fsp3) is 0.925. The number of hydrogen-bond donors (Lipinski definition) is 0. The maximum Gasteiger partial charge on any atom is 0.305 e. The normalized spacial score (nSPS) is 11.5. The van der Waals surface area contributed by atoms with Crippen molar-refractivity contribution >= 4 is 70.9 Å². The van der Waals surface area contributed by atoms with Crippen molar-refractivity contribution in [2.45, 2.75) is 233 Å². The molecule has 0 aliphatic rings. The molecule has 0 radical (unpaired) electrons. The third-order valence-electron chi connectivity index (χ3n) is 11.4. The van der Waals surface area contributed by atoms with Crippen LogP contribution in [-0.2, 0) is 38.1 Å². The van der Waals surface area contributed by atoms with Crippen LogP contribution in [0.3, 0.4) is 0 Å². The van der Waals surface area contributed by atoms with Gasteiger partial charge >= 0.3 is 23.9 Å². The van der Waals surface area contributed by atoms with Gasteiger partial charge in [-0.3, -0.25) is 19.2 Å². The Balaban J connectivity index is 5.44. The lowest BCUT2D eigenvalue weighted by Gasteiger charge is -2.31. The van der Waals surface area contributed by atoms with Gasteiger partial charge in [-0.05, 0) is 97.4 Å². The smallest absolute Gasteiger partial charge is 0.305 e. The van der Waals surface area contributed by atoms with E-state index in [-0.39, 0.29) is 76.0 Å². The van der Waals surface area contributed by atoms with E-state index in [0.717, 1.165) is 46.0 Å². The van der Waals surface area contributed by atoms with Crippen LogP contribution in [-0.4, -0.2) is 96.3 Å². The molecule has 384 valence electrons. The number of esters is 4. The van der Waals surface area contributed by atoms with E-state index in [1.165, 1.54) is 154 Å². The monoisotopic (exact) mass is 993 g/mol. The van der Waals surface area contributed by atoms with Crippen molar-refractivity contribution in [2.24, 2.45) is 5.41 Å². The highest BCUT2D eigenvalue weighted by molar-refractivity contribution is 7.99. The summed E-state index contributed by atoms with van der Waals surface area (Å²) < 4.78 is 23.4. The van der Waals surface area contributed by atoms with Gasteiger partial charge < -0.3 is 18.9 Å². The second kappa shape index (κ2) is 51.1. The summed E-state index contributed by atoms with van der Waals surface area (Å²) in [7, 11) is 0. The minimum absolute atomic E-state index is 0.180. The first-order valence-corrected chi connectivity index (χ1v) is 31.4. The van der Waals surface area contributed by atoms with Crippen LogP contribution in [0.5, 0.6) is 0 Å². The maximum atomic E-state index is 13.1. The maximum absolute atomic E-state index is 13.1. The molecule has 0 spiro atoms. The minimum atomic E-state index is -1.21. The van der Waals surface area contributed by atoms with Gasteiger partial charge in [-0.25, -0.2) is 0 Å². The molecule has 0 fully saturated rings. The summed E-state index contributed by atoms with van der Waals surface area (Å²) in [6.45, 7) is 8.22. The summed E-state index contributed by atoms with van der Waals surface area (Å²) in [5.74, 6) is 6.50. The van der Waals surface area contributed by atoms with Gasteiger partial charge in [0.1, 0.15) is 31.8 Å². The SMILES string of the molecule is CCCCCCCCSCCCC(=O)OCC(COC(=O)CCCSCCCCCCCC)(COC(=O)CCCSCCCCCCCC)COC(=O)CCCSCCCCCCCC. The van der Waals surface area contributed by atoms with Crippen LogP contribution in [0.2, 0.25) is 0 Å².